The summed E-state index contributed by atoms with van der Waals surface area (Å²) in [4.78, 5) is 12.2. The van der Waals surface area contributed by atoms with Crippen molar-refractivity contribution in [3.05, 3.63) is 52.3 Å². The van der Waals surface area contributed by atoms with Gasteiger partial charge in [0.15, 0.2) is 0 Å². The minimum atomic E-state index is -0.241. The van der Waals surface area contributed by atoms with Gasteiger partial charge in [0.25, 0.3) is 5.56 Å². The molecule has 0 N–H and O–H groups in total. The molecule has 0 spiro atoms. The van der Waals surface area contributed by atoms with Crippen LogP contribution in [0.15, 0.2) is 41.2 Å². The molecule has 2 rings (SSSR count). The fourth-order valence-corrected chi connectivity index (χ4v) is 2.14. The molecule has 4 nitrogen and oxygen atoms in total. The average molecular weight is 268 g/mol. The number of nitrogens with zero attached hydrogens (tertiary/aromatic N) is 2. The Morgan fingerprint density at radius 2 is 2.10 bits per heavy atom. The van der Waals surface area contributed by atoms with Crippen molar-refractivity contribution in [1.82, 2.24) is 4.57 Å². The molecule has 0 amide bonds. The third-order valence-electron chi connectivity index (χ3n) is 3.11. The van der Waals surface area contributed by atoms with Crippen LogP contribution in [0.1, 0.15) is 18.9 Å². The van der Waals surface area contributed by atoms with Gasteiger partial charge in [-0.05, 0) is 30.7 Å². The highest BCUT2D eigenvalue weighted by Crippen LogP contribution is 2.23. The second kappa shape index (κ2) is 6.07. The summed E-state index contributed by atoms with van der Waals surface area (Å²) in [5.74, 6) is 0.738. The van der Waals surface area contributed by atoms with Crippen LogP contribution < -0.4 is 10.3 Å². The first-order valence-corrected chi connectivity index (χ1v) is 6.49. The lowest BCUT2D eigenvalue weighted by atomic mass is 10.1. The van der Waals surface area contributed by atoms with Crippen molar-refractivity contribution in [3.63, 3.8) is 0 Å². The number of nitriles is 1. The summed E-state index contributed by atoms with van der Waals surface area (Å²) in [6, 6.07) is 12.9. The third kappa shape index (κ3) is 2.57. The van der Waals surface area contributed by atoms with Crippen LogP contribution >= 0.6 is 0 Å². The van der Waals surface area contributed by atoms with Gasteiger partial charge in [-0.15, -0.1) is 0 Å². The first-order chi connectivity index (χ1) is 9.71. The quantitative estimate of drug-likeness (QED) is 0.856. The lowest BCUT2D eigenvalue weighted by Crippen LogP contribution is -2.23. The number of hydrogen-bond acceptors (Lipinski definition) is 3. The topological polar surface area (TPSA) is 55.0 Å². The monoisotopic (exact) mass is 268 g/mol. The lowest BCUT2D eigenvalue weighted by molar-refractivity contribution is 0.415. The summed E-state index contributed by atoms with van der Waals surface area (Å²) >= 11 is 0. The molecule has 102 valence electrons. The molecular weight excluding hydrogens is 252 g/mol. The molecule has 1 heterocycles. The van der Waals surface area contributed by atoms with Gasteiger partial charge in [0.1, 0.15) is 17.4 Å². The van der Waals surface area contributed by atoms with Crippen molar-refractivity contribution in [2.24, 2.45) is 0 Å². The van der Waals surface area contributed by atoms with Gasteiger partial charge in [-0.2, -0.15) is 5.26 Å². The Hall–Kier alpha value is -2.54. The standard InChI is InChI=1S/C16H16N2O2/c1-3-9-18-15(8-7-13(11-17)16(18)19)12-5-4-6-14(10-12)20-2/h4-8,10H,3,9H2,1-2H3. The predicted octanol–water partition coefficient (Wildman–Crippen LogP) is 2.81. The summed E-state index contributed by atoms with van der Waals surface area (Å²) in [5.41, 5.74) is 1.63. The van der Waals surface area contributed by atoms with Gasteiger partial charge in [-0.25, -0.2) is 0 Å². The van der Waals surface area contributed by atoms with Crippen LogP contribution in [0, 0.1) is 11.3 Å². The van der Waals surface area contributed by atoms with Gasteiger partial charge in [0.05, 0.1) is 12.8 Å². The van der Waals surface area contributed by atoms with Crippen molar-refractivity contribution >= 4 is 0 Å². The van der Waals surface area contributed by atoms with Gasteiger partial charge in [0.2, 0.25) is 0 Å². The summed E-state index contributed by atoms with van der Waals surface area (Å²) in [6.45, 7) is 2.59. The summed E-state index contributed by atoms with van der Waals surface area (Å²) in [5, 5.41) is 8.97. The Balaban J connectivity index is 2.64. The van der Waals surface area contributed by atoms with Crippen LogP contribution in [0.2, 0.25) is 0 Å². The van der Waals surface area contributed by atoms with E-state index in [2.05, 4.69) is 0 Å². The van der Waals surface area contributed by atoms with Crippen molar-refractivity contribution in [3.8, 4) is 23.1 Å². The zero-order valence-electron chi connectivity index (χ0n) is 11.6. The van der Waals surface area contributed by atoms with E-state index in [1.54, 1.807) is 17.7 Å². The second-order valence-corrected chi connectivity index (χ2v) is 4.43. The zero-order chi connectivity index (χ0) is 14.5. The highest BCUT2D eigenvalue weighted by Gasteiger charge is 2.10. The molecule has 1 aromatic carbocycles. The van der Waals surface area contributed by atoms with E-state index < -0.39 is 0 Å². The molecule has 0 saturated heterocycles. The fraction of sp³-hybridized carbons (Fsp3) is 0.250. The second-order valence-electron chi connectivity index (χ2n) is 4.43. The molecule has 0 atom stereocenters. The predicted molar refractivity (Wildman–Crippen MR) is 77.7 cm³/mol. The molecule has 0 bridgehead atoms. The Morgan fingerprint density at radius 3 is 2.75 bits per heavy atom. The SMILES string of the molecule is CCCn1c(-c2cccc(OC)c2)ccc(C#N)c1=O. The van der Waals surface area contributed by atoms with E-state index in [0.717, 1.165) is 23.4 Å². The maximum atomic E-state index is 12.2. The van der Waals surface area contributed by atoms with Crippen molar-refractivity contribution in [2.75, 3.05) is 7.11 Å². The normalized spacial score (nSPS) is 10.1. The zero-order valence-corrected chi connectivity index (χ0v) is 11.6. The molecule has 0 fully saturated rings. The van der Waals surface area contributed by atoms with Crippen molar-refractivity contribution in [2.45, 2.75) is 19.9 Å². The Labute approximate surface area is 117 Å². The van der Waals surface area contributed by atoms with Gasteiger partial charge >= 0.3 is 0 Å². The molecule has 4 heteroatoms. The number of rotatable bonds is 4. The van der Waals surface area contributed by atoms with E-state index in [0.29, 0.717) is 6.54 Å². The Bertz CT molecular complexity index is 711. The third-order valence-corrected chi connectivity index (χ3v) is 3.11. The van der Waals surface area contributed by atoms with Crippen molar-refractivity contribution < 1.29 is 4.74 Å². The Morgan fingerprint density at radius 1 is 1.30 bits per heavy atom. The molecule has 2 aromatic rings. The molecule has 1 aromatic heterocycles. The summed E-state index contributed by atoms with van der Waals surface area (Å²) in [6.07, 6.45) is 0.825. The van der Waals surface area contributed by atoms with Crippen LogP contribution in [0.3, 0.4) is 0 Å². The van der Waals surface area contributed by atoms with Gasteiger partial charge < -0.3 is 9.30 Å². The first-order valence-electron chi connectivity index (χ1n) is 6.49. The smallest absolute Gasteiger partial charge is 0.268 e. The van der Waals surface area contributed by atoms with E-state index in [1.807, 2.05) is 43.3 Å². The van der Waals surface area contributed by atoms with E-state index in [-0.39, 0.29) is 11.1 Å². The maximum Gasteiger partial charge on any atom is 0.268 e. The minimum Gasteiger partial charge on any atom is -0.497 e. The van der Waals surface area contributed by atoms with Gasteiger partial charge in [0, 0.05) is 12.1 Å². The number of ether oxygens (including phenoxy) is 1. The van der Waals surface area contributed by atoms with Gasteiger partial charge in [-0.3, -0.25) is 4.79 Å². The van der Waals surface area contributed by atoms with E-state index in [9.17, 15) is 4.79 Å². The van der Waals surface area contributed by atoms with Crippen LogP contribution in [-0.2, 0) is 6.54 Å². The lowest BCUT2D eigenvalue weighted by Gasteiger charge is -2.13. The largest absolute Gasteiger partial charge is 0.497 e. The van der Waals surface area contributed by atoms with E-state index in [1.165, 1.54) is 0 Å². The molecule has 0 saturated carbocycles. The van der Waals surface area contributed by atoms with Crippen LogP contribution in [-0.4, -0.2) is 11.7 Å². The minimum absolute atomic E-state index is 0.171. The highest BCUT2D eigenvalue weighted by atomic mass is 16.5. The van der Waals surface area contributed by atoms with Crippen LogP contribution in [0.5, 0.6) is 5.75 Å². The molecule has 0 aliphatic heterocycles. The Kier molecular flexibility index (Phi) is 4.21. The van der Waals surface area contributed by atoms with E-state index in [4.69, 9.17) is 10.00 Å². The van der Waals surface area contributed by atoms with Crippen LogP contribution in [0.4, 0.5) is 0 Å². The molecule has 20 heavy (non-hydrogen) atoms. The van der Waals surface area contributed by atoms with E-state index >= 15 is 0 Å². The first kappa shape index (κ1) is 13.9. The molecule has 0 radical (unpaired) electrons. The van der Waals surface area contributed by atoms with Crippen LogP contribution in [0.25, 0.3) is 11.3 Å². The molecule has 0 aliphatic rings. The maximum absolute atomic E-state index is 12.2. The number of pyridine rings is 1. The number of methoxy groups -OCH3 is 1. The fourth-order valence-electron chi connectivity index (χ4n) is 2.14. The summed E-state index contributed by atoms with van der Waals surface area (Å²) < 4.78 is 6.86. The highest BCUT2D eigenvalue weighted by molar-refractivity contribution is 5.62. The number of benzene rings is 1. The number of aromatic nitrogens is 1. The number of hydrogen-bond donors (Lipinski definition) is 0. The molecular formula is C16H16N2O2. The average Bonchev–Trinajstić information content (AvgIpc) is 2.49. The molecule has 0 unspecified atom stereocenters. The van der Waals surface area contributed by atoms with Gasteiger partial charge in [-0.1, -0.05) is 19.1 Å². The summed E-state index contributed by atoms with van der Waals surface area (Å²) in [7, 11) is 1.61. The molecule has 0 aliphatic carbocycles. The van der Waals surface area contributed by atoms with Crippen molar-refractivity contribution in [1.29, 1.82) is 5.26 Å².